The Hall–Kier alpha value is -2.36. The van der Waals surface area contributed by atoms with Crippen molar-refractivity contribution in [3.8, 4) is 0 Å². The van der Waals surface area contributed by atoms with Gasteiger partial charge in [-0.1, -0.05) is 44.2 Å². The van der Waals surface area contributed by atoms with Crippen LogP contribution in [-0.2, 0) is 0 Å². The molecule has 0 atom stereocenters. The highest BCUT2D eigenvalue weighted by Gasteiger charge is 2.27. The van der Waals surface area contributed by atoms with Gasteiger partial charge in [0, 0.05) is 5.39 Å². The quantitative estimate of drug-likeness (QED) is 0.496. The average Bonchev–Trinajstić information content (AvgIpc) is 2.78. The van der Waals surface area contributed by atoms with Crippen LogP contribution in [0.1, 0.15) is 25.3 Å². The second kappa shape index (κ2) is 4.09. The summed E-state index contributed by atoms with van der Waals surface area (Å²) in [4.78, 5) is 10.7. The van der Waals surface area contributed by atoms with E-state index >= 15 is 0 Å². The van der Waals surface area contributed by atoms with Gasteiger partial charge in [-0.15, -0.1) is 0 Å². The first-order chi connectivity index (χ1) is 9.09. The fraction of sp³-hybridized carbons (Fsp3) is 0.200. The Kier molecular flexibility index (Phi) is 2.52. The number of hydrogen-bond acceptors (Lipinski definition) is 3. The molecule has 96 valence electrons. The van der Waals surface area contributed by atoms with Gasteiger partial charge in [0.05, 0.1) is 5.56 Å². The molecule has 3 aromatic rings. The van der Waals surface area contributed by atoms with Gasteiger partial charge >= 0.3 is 5.88 Å². The van der Waals surface area contributed by atoms with Crippen molar-refractivity contribution in [1.82, 2.24) is 0 Å². The van der Waals surface area contributed by atoms with Crippen LogP contribution in [0.5, 0.6) is 0 Å². The van der Waals surface area contributed by atoms with Gasteiger partial charge in [0.25, 0.3) is 0 Å². The van der Waals surface area contributed by atoms with Crippen LogP contribution in [0.4, 0.5) is 5.88 Å². The van der Waals surface area contributed by atoms with Crippen molar-refractivity contribution >= 4 is 27.6 Å². The molecule has 0 aliphatic carbocycles. The first-order valence-electron chi connectivity index (χ1n) is 6.18. The topological polar surface area (TPSA) is 56.3 Å². The summed E-state index contributed by atoms with van der Waals surface area (Å²) >= 11 is 0. The molecule has 19 heavy (non-hydrogen) atoms. The fourth-order valence-electron chi connectivity index (χ4n) is 2.55. The molecule has 0 spiro atoms. The lowest BCUT2D eigenvalue weighted by Gasteiger charge is -2.03. The van der Waals surface area contributed by atoms with Crippen molar-refractivity contribution in [3.63, 3.8) is 0 Å². The van der Waals surface area contributed by atoms with Gasteiger partial charge in [-0.05, 0) is 22.8 Å². The zero-order valence-electron chi connectivity index (χ0n) is 10.7. The van der Waals surface area contributed by atoms with E-state index in [0.29, 0.717) is 11.1 Å². The Labute approximate surface area is 109 Å². The van der Waals surface area contributed by atoms with E-state index in [4.69, 9.17) is 4.42 Å². The number of hydrogen-bond donors (Lipinski definition) is 0. The van der Waals surface area contributed by atoms with E-state index in [0.717, 1.165) is 16.2 Å². The molecule has 1 heterocycles. The number of furan rings is 1. The Bertz CT molecular complexity index is 787. The Morgan fingerprint density at radius 2 is 1.89 bits per heavy atom. The van der Waals surface area contributed by atoms with Crippen molar-refractivity contribution in [1.29, 1.82) is 0 Å². The molecule has 0 aliphatic heterocycles. The summed E-state index contributed by atoms with van der Waals surface area (Å²) in [6, 6.07) is 11.6. The van der Waals surface area contributed by atoms with Crippen LogP contribution in [0.25, 0.3) is 21.7 Å². The molecule has 0 saturated carbocycles. The van der Waals surface area contributed by atoms with Crippen molar-refractivity contribution in [2.24, 2.45) is 0 Å². The molecule has 0 unspecified atom stereocenters. The standard InChI is InChI=1S/C15H13NO3/c1-9(2)13-14-11-6-4-3-5-10(11)7-8-12(14)19-15(13)16(17)18/h3-9H,1-2H3. The Morgan fingerprint density at radius 1 is 1.16 bits per heavy atom. The predicted molar refractivity (Wildman–Crippen MR) is 74.5 cm³/mol. The summed E-state index contributed by atoms with van der Waals surface area (Å²) < 4.78 is 5.43. The van der Waals surface area contributed by atoms with Crippen LogP contribution in [0.15, 0.2) is 40.8 Å². The van der Waals surface area contributed by atoms with Crippen molar-refractivity contribution in [2.45, 2.75) is 19.8 Å². The van der Waals surface area contributed by atoms with Crippen LogP contribution < -0.4 is 0 Å². The zero-order chi connectivity index (χ0) is 13.6. The minimum absolute atomic E-state index is 0.0347. The molecule has 0 N–H and O–H groups in total. The summed E-state index contributed by atoms with van der Waals surface area (Å²) in [7, 11) is 0. The van der Waals surface area contributed by atoms with Gasteiger partial charge in [0.1, 0.15) is 10.5 Å². The summed E-state index contributed by atoms with van der Waals surface area (Å²) in [5.41, 5.74) is 1.26. The van der Waals surface area contributed by atoms with Crippen LogP contribution in [0.2, 0.25) is 0 Å². The molecule has 3 rings (SSSR count). The van der Waals surface area contributed by atoms with Crippen LogP contribution in [0.3, 0.4) is 0 Å². The molecule has 4 heteroatoms. The molecule has 2 aromatic carbocycles. The normalized spacial score (nSPS) is 11.5. The zero-order valence-corrected chi connectivity index (χ0v) is 10.7. The van der Waals surface area contributed by atoms with Gasteiger partial charge < -0.3 is 4.42 Å². The molecule has 0 fully saturated rings. The predicted octanol–water partition coefficient (Wildman–Crippen LogP) is 4.62. The SMILES string of the molecule is CC(C)c1c([N+](=O)[O-])oc2ccc3ccccc3c12. The van der Waals surface area contributed by atoms with E-state index in [9.17, 15) is 10.1 Å². The smallest absolute Gasteiger partial charge is 0.400 e. The number of fused-ring (bicyclic) bond motifs is 3. The second-order valence-electron chi connectivity index (χ2n) is 4.89. The highest BCUT2D eigenvalue weighted by Crippen LogP contribution is 2.40. The molecular weight excluding hydrogens is 242 g/mol. The first kappa shape index (κ1) is 11.7. The molecule has 0 amide bonds. The molecular formula is C15H13NO3. The van der Waals surface area contributed by atoms with E-state index in [2.05, 4.69) is 0 Å². The minimum Gasteiger partial charge on any atom is -0.400 e. The maximum Gasteiger partial charge on any atom is 0.437 e. The van der Waals surface area contributed by atoms with Crippen molar-refractivity contribution < 1.29 is 9.34 Å². The lowest BCUT2D eigenvalue weighted by Crippen LogP contribution is -1.93. The van der Waals surface area contributed by atoms with E-state index in [-0.39, 0.29) is 11.8 Å². The van der Waals surface area contributed by atoms with Crippen LogP contribution >= 0.6 is 0 Å². The van der Waals surface area contributed by atoms with E-state index in [1.165, 1.54) is 0 Å². The molecule has 0 radical (unpaired) electrons. The first-order valence-corrected chi connectivity index (χ1v) is 6.18. The van der Waals surface area contributed by atoms with Crippen LogP contribution in [-0.4, -0.2) is 4.92 Å². The van der Waals surface area contributed by atoms with Gasteiger partial charge in [-0.25, -0.2) is 0 Å². The second-order valence-corrected chi connectivity index (χ2v) is 4.89. The van der Waals surface area contributed by atoms with Gasteiger partial charge in [-0.3, -0.25) is 10.1 Å². The van der Waals surface area contributed by atoms with Gasteiger partial charge in [-0.2, -0.15) is 0 Å². The summed E-state index contributed by atoms with van der Waals surface area (Å²) in [6.45, 7) is 3.89. The highest BCUT2D eigenvalue weighted by molar-refractivity contribution is 6.08. The number of nitrogens with zero attached hydrogens (tertiary/aromatic N) is 1. The summed E-state index contributed by atoms with van der Waals surface area (Å²) in [5, 5.41) is 14.1. The Balaban J connectivity index is 2.53. The number of rotatable bonds is 2. The van der Waals surface area contributed by atoms with E-state index in [1.54, 1.807) is 6.07 Å². The monoisotopic (exact) mass is 255 g/mol. The molecule has 0 aliphatic rings. The maximum atomic E-state index is 11.1. The third kappa shape index (κ3) is 1.68. The largest absolute Gasteiger partial charge is 0.437 e. The number of benzene rings is 2. The minimum atomic E-state index is -0.440. The molecule has 0 bridgehead atoms. The average molecular weight is 255 g/mol. The number of nitro groups is 1. The lowest BCUT2D eigenvalue weighted by atomic mass is 9.97. The van der Waals surface area contributed by atoms with Crippen molar-refractivity contribution in [2.75, 3.05) is 0 Å². The summed E-state index contributed by atoms with van der Waals surface area (Å²) in [6.07, 6.45) is 0. The van der Waals surface area contributed by atoms with E-state index < -0.39 is 4.92 Å². The fourth-order valence-corrected chi connectivity index (χ4v) is 2.55. The van der Waals surface area contributed by atoms with Gasteiger partial charge in [0.15, 0.2) is 0 Å². The molecule has 0 saturated heterocycles. The Morgan fingerprint density at radius 3 is 2.58 bits per heavy atom. The van der Waals surface area contributed by atoms with Crippen LogP contribution in [0, 0.1) is 10.1 Å². The highest BCUT2D eigenvalue weighted by atomic mass is 16.6. The lowest BCUT2D eigenvalue weighted by molar-refractivity contribution is -0.402. The third-order valence-corrected chi connectivity index (χ3v) is 3.34. The maximum absolute atomic E-state index is 11.1. The molecule has 4 nitrogen and oxygen atoms in total. The molecule has 1 aromatic heterocycles. The summed E-state index contributed by atoms with van der Waals surface area (Å²) in [5.74, 6) is -0.103. The van der Waals surface area contributed by atoms with Gasteiger partial charge in [0.2, 0.25) is 0 Å². The van der Waals surface area contributed by atoms with E-state index in [1.807, 2.05) is 44.2 Å². The van der Waals surface area contributed by atoms with Crippen molar-refractivity contribution in [3.05, 3.63) is 52.1 Å². The third-order valence-electron chi connectivity index (χ3n) is 3.34.